The highest BCUT2D eigenvalue weighted by Gasteiger charge is 1.99. The molecule has 0 radical (unpaired) electrons. The molecule has 0 spiro atoms. The first kappa shape index (κ1) is 13.9. The summed E-state index contributed by atoms with van der Waals surface area (Å²) in [4.78, 5) is 22.4. The highest BCUT2D eigenvalue weighted by atomic mass is 19.1. The van der Waals surface area contributed by atoms with Crippen LogP contribution in [0.2, 0.25) is 0 Å². The minimum absolute atomic E-state index is 0.235. The van der Waals surface area contributed by atoms with Gasteiger partial charge in [-0.25, -0.2) is 4.39 Å². The number of hydrazine groups is 1. The average Bonchev–Trinajstić information content (AvgIpc) is 2.36. The van der Waals surface area contributed by atoms with Crippen LogP contribution in [0.3, 0.4) is 0 Å². The summed E-state index contributed by atoms with van der Waals surface area (Å²) in [7, 11) is 0. The summed E-state index contributed by atoms with van der Waals surface area (Å²) in [6, 6.07) is 5.71. The Morgan fingerprint density at radius 3 is 2.50 bits per heavy atom. The van der Waals surface area contributed by atoms with Gasteiger partial charge in [-0.15, -0.1) is 0 Å². The quantitative estimate of drug-likeness (QED) is 0.632. The van der Waals surface area contributed by atoms with Crippen LogP contribution in [0.4, 0.5) is 4.39 Å². The molecule has 0 aliphatic rings. The first-order chi connectivity index (χ1) is 8.61. The summed E-state index contributed by atoms with van der Waals surface area (Å²) in [5.41, 5.74) is 5.23. The molecule has 0 heterocycles. The SMILES string of the molecule is CCCC(=O)NNC(=O)/C=C/c1ccc(F)cc1. The predicted molar refractivity (Wildman–Crippen MR) is 66.6 cm³/mol. The van der Waals surface area contributed by atoms with E-state index in [0.29, 0.717) is 18.4 Å². The molecule has 0 saturated carbocycles. The van der Waals surface area contributed by atoms with Crippen molar-refractivity contribution in [2.45, 2.75) is 19.8 Å². The summed E-state index contributed by atoms with van der Waals surface area (Å²) in [6.45, 7) is 1.87. The first-order valence-corrected chi connectivity index (χ1v) is 5.64. The van der Waals surface area contributed by atoms with Crippen LogP contribution in [-0.4, -0.2) is 11.8 Å². The van der Waals surface area contributed by atoms with Gasteiger partial charge in [-0.2, -0.15) is 0 Å². The van der Waals surface area contributed by atoms with Gasteiger partial charge >= 0.3 is 0 Å². The number of amides is 2. The van der Waals surface area contributed by atoms with Gasteiger partial charge in [0.15, 0.2) is 0 Å². The van der Waals surface area contributed by atoms with E-state index in [0.717, 1.165) is 0 Å². The van der Waals surface area contributed by atoms with Gasteiger partial charge in [0.1, 0.15) is 5.82 Å². The molecule has 0 aliphatic carbocycles. The van der Waals surface area contributed by atoms with Crippen LogP contribution in [0.1, 0.15) is 25.3 Å². The van der Waals surface area contributed by atoms with Crippen molar-refractivity contribution in [2.75, 3.05) is 0 Å². The molecular formula is C13H15FN2O2. The largest absolute Gasteiger partial charge is 0.273 e. The van der Waals surface area contributed by atoms with E-state index < -0.39 is 5.91 Å². The van der Waals surface area contributed by atoms with Crippen molar-refractivity contribution in [3.05, 3.63) is 41.7 Å². The molecule has 5 heteroatoms. The molecule has 0 bridgehead atoms. The van der Waals surface area contributed by atoms with E-state index in [-0.39, 0.29) is 11.7 Å². The van der Waals surface area contributed by atoms with Gasteiger partial charge in [-0.3, -0.25) is 20.4 Å². The fraction of sp³-hybridized carbons (Fsp3) is 0.231. The minimum atomic E-state index is -0.441. The number of hydrogen-bond donors (Lipinski definition) is 2. The lowest BCUT2D eigenvalue weighted by Crippen LogP contribution is -2.40. The molecule has 2 amide bonds. The Labute approximate surface area is 105 Å². The third-order valence-electron chi connectivity index (χ3n) is 2.10. The lowest BCUT2D eigenvalue weighted by molar-refractivity contribution is -0.126. The summed E-state index contributed by atoms with van der Waals surface area (Å²) in [6.07, 6.45) is 3.87. The van der Waals surface area contributed by atoms with Crippen LogP contribution < -0.4 is 10.9 Å². The van der Waals surface area contributed by atoms with Gasteiger partial charge < -0.3 is 0 Å². The Balaban J connectivity index is 2.40. The molecule has 0 aromatic heterocycles. The number of nitrogens with one attached hydrogen (secondary N) is 2. The molecule has 0 aliphatic heterocycles. The smallest absolute Gasteiger partial charge is 0.262 e. The average molecular weight is 250 g/mol. The van der Waals surface area contributed by atoms with Crippen molar-refractivity contribution in [3.63, 3.8) is 0 Å². The molecule has 1 rings (SSSR count). The molecule has 0 fully saturated rings. The Bertz CT molecular complexity index is 441. The van der Waals surface area contributed by atoms with Crippen LogP contribution in [0.25, 0.3) is 6.08 Å². The Morgan fingerprint density at radius 2 is 1.89 bits per heavy atom. The number of rotatable bonds is 4. The first-order valence-electron chi connectivity index (χ1n) is 5.64. The number of carbonyl (C=O) groups is 2. The highest BCUT2D eigenvalue weighted by Crippen LogP contribution is 2.04. The molecule has 0 atom stereocenters. The van der Waals surface area contributed by atoms with Crippen molar-refractivity contribution in [2.24, 2.45) is 0 Å². The fourth-order valence-corrected chi connectivity index (χ4v) is 1.21. The molecule has 0 saturated heterocycles. The predicted octanol–water partition coefficient (Wildman–Crippen LogP) is 1.79. The number of benzene rings is 1. The maximum absolute atomic E-state index is 12.6. The zero-order chi connectivity index (χ0) is 13.4. The zero-order valence-electron chi connectivity index (χ0n) is 10.1. The maximum Gasteiger partial charge on any atom is 0.262 e. The van der Waals surface area contributed by atoms with Gasteiger partial charge in [0.2, 0.25) is 5.91 Å². The van der Waals surface area contributed by atoms with Gasteiger partial charge in [-0.05, 0) is 30.2 Å². The van der Waals surface area contributed by atoms with E-state index in [9.17, 15) is 14.0 Å². The molecule has 96 valence electrons. The van der Waals surface area contributed by atoms with Crippen LogP contribution >= 0.6 is 0 Å². The lowest BCUT2D eigenvalue weighted by Gasteiger charge is -2.03. The molecule has 0 unspecified atom stereocenters. The van der Waals surface area contributed by atoms with E-state index in [4.69, 9.17) is 0 Å². The van der Waals surface area contributed by atoms with Crippen LogP contribution in [0.5, 0.6) is 0 Å². The zero-order valence-corrected chi connectivity index (χ0v) is 10.1. The van der Waals surface area contributed by atoms with E-state index in [1.54, 1.807) is 12.1 Å². The summed E-state index contributed by atoms with van der Waals surface area (Å²) >= 11 is 0. The van der Waals surface area contributed by atoms with Crippen molar-refractivity contribution in [1.82, 2.24) is 10.9 Å². The summed E-state index contributed by atoms with van der Waals surface area (Å²) in [5.74, 6) is -1.01. The standard InChI is InChI=1S/C13H15FN2O2/c1-2-3-12(17)15-16-13(18)9-6-10-4-7-11(14)8-5-10/h4-9H,2-3H2,1H3,(H,15,17)(H,16,18)/b9-6+. The molecule has 4 nitrogen and oxygen atoms in total. The van der Waals surface area contributed by atoms with Crippen LogP contribution in [0, 0.1) is 5.82 Å². The maximum atomic E-state index is 12.6. The number of halogens is 1. The minimum Gasteiger partial charge on any atom is -0.273 e. The summed E-state index contributed by atoms with van der Waals surface area (Å²) in [5, 5.41) is 0. The third-order valence-corrected chi connectivity index (χ3v) is 2.10. The Kier molecular flexibility index (Phi) is 5.57. The molecule has 18 heavy (non-hydrogen) atoms. The van der Waals surface area contributed by atoms with Gasteiger partial charge in [0, 0.05) is 12.5 Å². The molecule has 2 N–H and O–H groups in total. The van der Waals surface area contributed by atoms with Crippen molar-refractivity contribution >= 4 is 17.9 Å². The van der Waals surface area contributed by atoms with Gasteiger partial charge in [0.05, 0.1) is 0 Å². The monoisotopic (exact) mass is 250 g/mol. The van der Waals surface area contributed by atoms with Gasteiger partial charge in [-0.1, -0.05) is 19.1 Å². The van der Waals surface area contributed by atoms with E-state index in [2.05, 4.69) is 10.9 Å². The molecule has 1 aromatic rings. The second kappa shape index (κ2) is 7.21. The lowest BCUT2D eigenvalue weighted by atomic mass is 10.2. The Morgan fingerprint density at radius 1 is 1.22 bits per heavy atom. The van der Waals surface area contributed by atoms with Crippen LogP contribution in [-0.2, 0) is 9.59 Å². The third kappa shape index (κ3) is 5.25. The van der Waals surface area contributed by atoms with Crippen LogP contribution in [0.15, 0.2) is 30.3 Å². The van der Waals surface area contributed by atoms with E-state index in [1.165, 1.54) is 24.3 Å². The second-order valence-electron chi connectivity index (χ2n) is 3.67. The second-order valence-corrected chi connectivity index (χ2v) is 3.67. The normalized spacial score (nSPS) is 10.3. The van der Waals surface area contributed by atoms with E-state index >= 15 is 0 Å². The summed E-state index contributed by atoms with van der Waals surface area (Å²) < 4.78 is 12.6. The van der Waals surface area contributed by atoms with Crippen molar-refractivity contribution < 1.29 is 14.0 Å². The number of hydrogen-bond acceptors (Lipinski definition) is 2. The molecule has 1 aromatic carbocycles. The van der Waals surface area contributed by atoms with E-state index in [1.807, 2.05) is 6.92 Å². The van der Waals surface area contributed by atoms with Crippen molar-refractivity contribution in [1.29, 1.82) is 0 Å². The highest BCUT2D eigenvalue weighted by molar-refractivity contribution is 5.93. The fourth-order valence-electron chi connectivity index (χ4n) is 1.21. The van der Waals surface area contributed by atoms with Crippen molar-refractivity contribution in [3.8, 4) is 0 Å². The Hall–Kier alpha value is -2.17. The molecular weight excluding hydrogens is 235 g/mol. The number of carbonyl (C=O) groups excluding carboxylic acids is 2. The van der Waals surface area contributed by atoms with Gasteiger partial charge in [0.25, 0.3) is 5.91 Å². The topological polar surface area (TPSA) is 58.2 Å².